The van der Waals surface area contributed by atoms with Crippen molar-refractivity contribution in [3.63, 3.8) is 0 Å². The molecule has 1 aliphatic rings. The molecule has 2 heterocycles. The summed E-state index contributed by atoms with van der Waals surface area (Å²) in [4.78, 5) is 8.92. The number of aliphatic imine (C=N–C) groups is 1. The monoisotopic (exact) mass is 217 g/mol. The lowest BCUT2D eigenvalue weighted by Crippen LogP contribution is -2.27. The molecule has 16 heavy (non-hydrogen) atoms. The van der Waals surface area contributed by atoms with Crippen molar-refractivity contribution in [2.45, 2.75) is 38.6 Å². The van der Waals surface area contributed by atoms with Crippen LogP contribution in [0.3, 0.4) is 0 Å². The third kappa shape index (κ3) is 3.05. The molecular formula is C13H19N3. The predicted molar refractivity (Wildman–Crippen MR) is 66.6 cm³/mol. The molecule has 86 valence electrons. The molecule has 1 N–H and O–H groups in total. The van der Waals surface area contributed by atoms with Crippen molar-refractivity contribution in [3.05, 3.63) is 30.1 Å². The predicted octanol–water partition coefficient (Wildman–Crippen LogP) is 2.70. The summed E-state index contributed by atoms with van der Waals surface area (Å²) < 4.78 is 0. The van der Waals surface area contributed by atoms with Crippen LogP contribution in [0.1, 0.15) is 44.3 Å². The number of nitrogens with one attached hydrogen (secondary N) is 1. The lowest BCUT2D eigenvalue weighted by Gasteiger charge is -2.15. The highest BCUT2D eigenvalue weighted by atomic mass is 15.0. The Bertz CT molecular complexity index is 345. The van der Waals surface area contributed by atoms with Gasteiger partial charge in [0.25, 0.3) is 0 Å². The van der Waals surface area contributed by atoms with Gasteiger partial charge in [-0.3, -0.25) is 9.98 Å². The average molecular weight is 217 g/mol. The minimum Gasteiger partial charge on any atom is -0.366 e. The first-order valence-electron chi connectivity index (χ1n) is 6.07. The normalized spacial score (nSPS) is 18.4. The van der Waals surface area contributed by atoms with Crippen molar-refractivity contribution in [2.24, 2.45) is 4.99 Å². The van der Waals surface area contributed by atoms with Crippen molar-refractivity contribution in [3.8, 4) is 0 Å². The Balaban J connectivity index is 1.96. The molecule has 0 aromatic carbocycles. The fraction of sp³-hybridized carbons (Fsp3) is 0.538. The van der Waals surface area contributed by atoms with E-state index in [2.05, 4.69) is 28.3 Å². The third-order valence-electron chi connectivity index (χ3n) is 2.89. The van der Waals surface area contributed by atoms with Gasteiger partial charge in [0.1, 0.15) is 0 Å². The van der Waals surface area contributed by atoms with E-state index in [1.807, 2.05) is 18.3 Å². The summed E-state index contributed by atoms with van der Waals surface area (Å²) in [5.41, 5.74) is 1.08. The van der Waals surface area contributed by atoms with Crippen LogP contribution in [0.25, 0.3) is 0 Å². The Labute approximate surface area is 97.0 Å². The number of pyridine rings is 1. The maximum atomic E-state index is 4.57. The number of nitrogens with zero attached hydrogens (tertiary/aromatic N) is 2. The highest BCUT2D eigenvalue weighted by Gasteiger charge is 2.09. The molecule has 3 nitrogen and oxygen atoms in total. The van der Waals surface area contributed by atoms with Gasteiger partial charge in [0, 0.05) is 19.2 Å². The zero-order valence-electron chi connectivity index (χ0n) is 9.82. The van der Waals surface area contributed by atoms with Gasteiger partial charge in [-0.15, -0.1) is 0 Å². The molecule has 0 saturated heterocycles. The number of rotatable bonds is 2. The summed E-state index contributed by atoms with van der Waals surface area (Å²) in [5, 5.41) is 3.46. The van der Waals surface area contributed by atoms with E-state index in [0.29, 0.717) is 0 Å². The second-order valence-corrected chi connectivity index (χ2v) is 4.26. The summed E-state index contributed by atoms with van der Waals surface area (Å²) in [6, 6.07) is 6.27. The topological polar surface area (TPSA) is 37.3 Å². The first-order valence-corrected chi connectivity index (χ1v) is 6.07. The highest BCUT2D eigenvalue weighted by molar-refractivity contribution is 5.82. The summed E-state index contributed by atoms with van der Waals surface area (Å²) in [6.07, 6.45) is 6.69. The van der Waals surface area contributed by atoms with Crippen molar-refractivity contribution in [1.29, 1.82) is 0 Å². The van der Waals surface area contributed by atoms with E-state index in [9.17, 15) is 0 Å². The van der Waals surface area contributed by atoms with E-state index >= 15 is 0 Å². The average Bonchev–Trinajstić information content (AvgIpc) is 2.59. The molecule has 0 amide bonds. The summed E-state index contributed by atoms with van der Waals surface area (Å²) in [6.45, 7) is 3.10. The Morgan fingerprint density at radius 1 is 1.25 bits per heavy atom. The van der Waals surface area contributed by atoms with E-state index < -0.39 is 0 Å². The van der Waals surface area contributed by atoms with E-state index in [4.69, 9.17) is 0 Å². The minimum absolute atomic E-state index is 0.248. The van der Waals surface area contributed by atoms with E-state index in [-0.39, 0.29) is 6.04 Å². The van der Waals surface area contributed by atoms with Gasteiger partial charge in [0.05, 0.1) is 17.6 Å². The molecule has 0 bridgehead atoms. The van der Waals surface area contributed by atoms with Crippen molar-refractivity contribution >= 4 is 5.84 Å². The quantitative estimate of drug-likeness (QED) is 0.827. The first-order chi connectivity index (χ1) is 7.86. The van der Waals surface area contributed by atoms with Gasteiger partial charge in [-0.2, -0.15) is 0 Å². The van der Waals surface area contributed by atoms with Gasteiger partial charge < -0.3 is 5.32 Å². The van der Waals surface area contributed by atoms with Crippen LogP contribution in [0.2, 0.25) is 0 Å². The maximum absolute atomic E-state index is 4.57. The molecule has 0 unspecified atom stereocenters. The molecule has 0 saturated carbocycles. The van der Waals surface area contributed by atoms with Crippen molar-refractivity contribution < 1.29 is 0 Å². The number of amidine groups is 1. The summed E-state index contributed by atoms with van der Waals surface area (Å²) in [7, 11) is 0. The van der Waals surface area contributed by atoms with Gasteiger partial charge >= 0.3 is 0 Å². The first kappa shape index (κ1) is 11.1. The second kappa shape index (κ2) is 5.64. The maximum Gasteiger partial charge on any atom is 0.0968 e. The SMILES string of the molecule is C[C@@H](NC1=NCCCCC1)c1ccccn1. The fourth-order valence-corrected chi connectivity index (χ4v) is 1.95. The van der Waals surface area contributed by atoms with Crippen LogP contribution in [-0.4, -0.2) is 17.4 Å². The van der Waals surface area contributed by atoms with Crippen LogP contribution in [0.5, 0.6) is 0 Å². The number of hydrogen-bond donors (Lipinski definition) is 1. The zero-order chi connectivity index (χ0) is 11.2. The molecule has 0 spiro atoms. The summed E-state index contributed by atoms with van der Waals surface area (Å²) >= 11 is 0. The standard InChI is InChI=1S/C13H19N3/c1-11(12-7-4-6-9-14-12)16-13-8-3-2-5-10-15-13/h4,6-7,9,11H,2-3,5,8,10H2,1H3,(H,15,16)/t11-/m1/s1. The Morgan fingerprint density at radius 2 is 2.19 bits per heavy atom. The highest BCUT2D eigenvalue weighted by Crippen LogP contribution is 2.11. The van der Waals surface area contributed by atoms with Crippen LogP contribution < -0.4 is 5.32 Å². The van der Waals surface area contributed by atoms with Gasteiger partial charge in [0.15, 0.2) is 0 Å². The Kier molecular flexibility index (Phi) is 3.91. The van der Waals surface area contributed by atoms with Gasteiger partial charge in [-0.1, -0.05) is 12.5 Å². The molecule has 0 aliphatic carbocycles. The second-order valence-electron chi connectivity index (χ2n) is 4.26. The molecule has 1 aliphatic heterocycles. The zero-order valence-corrected chi connectivity index (χ0v) is 9.82. The Hall–Kier alpha value is -1.38. The van der Waals surface area contributed by atoms with E-state index in [1.165, 1.54) is 19.3 Å². The van der Waals surface area contributed by atoms with Crippen LogP contribution in [0, 0.1) is 0 Å². The molecule has 0 radical (unpaired) electrons. The molecule has 0 fully saturated rings. The van der Waals surface area contributed by atoms with Gasteiger partial charge in [-0.25, -0.2) is 0 Å². The minimum atomic E-state index is 0.248. The van der Waals surface area contributed by atoms with Crippen LogP contribution in [-0.2, 0) is 0 Å². The van der Waals surface area contributed by atoms with Crippen LogP contribution in [0.4, 0.5) is 0 Å². The van der Waals surface area contributed by atoms with Gasteiger partial charge in [-0.05, 0) is 31.9 Å². The molecule has 1 aromatic rings. The van der Waals surface area contributed by atoms with Crippen molar-refractivity contribution in [1.82, 2.24) is 10.3 Å². The fourth-order valence-electron chi connectivity index (χ4n) is 1.95. The van der Waals surface area contributed by atoms with E-state index in [1.54, 1.807) is 0 Å². The van der Waals surface area contributed by atoms with Crippen LogP contribution in [0.15, 0.2) is 29.4 Å². The Morgan fingerprint density at radius 3 is 3.00 bits per heavy atom. The molecule has 2 rings (SSSR count). The molecule has 1 aromatic heterocycles. The smallest absolute Gasteiger partial charge is 0.0968 e. The largest absolute Gasteiger partial charge is 0.366 e. The third-order valence-corrected chi connectivity index (χ3v) is 2.89. The number of hydrogen-bond acceptors (Lipinski definition) is 3. The van der Waals surface area contributed by atoms with Crippen molar-refractivity contribution in [2.75, 3.05) is 6.54 Å². The molecule has 1 atom stereocenters. The summed E-state index contributed by atoms with van der Waals surface area (Å²) in [5.74, 6) is 1.15. The van der Waals surface area contributed by atoms with Gasteiger partial charge in [0.2, 0.25) is 0 Å². The van der Waals surface area contributed by atoms with Crippen LogP contribution >= 0.6 is 0 Å². The number of aromatic nitrogens is 1. The van der Waals surface area contributed by atoms with E-state index in [0.717, 1.165) is 24.5 Å². The molecule has 3 heteroatoms. The molecular weight excluding hydrogens is 198 g/mol. The lowest BCUT2D eigenvalue weighted by atomic mass is 10.2. The lowest BCUT2D eigenvalue weighted by molar-refractivity contribution is 0.674.